The van der Waals surface area contributed by atoms with E-state index in [0.29, 0.717) is 32.3 Å². The predicted octanol–water partition coefficient (Wildman–Crippen LogP) is 0.240. The molecule has 8 nitrogen and oxygen atoms in total. The number of ketones is 2. The van der Waals surface area contributed by atoms with Gasteiger partial charge in [0.15, 0.2) is 5.78 Å². The van der Waals surface area contributed by atoms with Crippen LogP contribution in [0.3, 0.4) is 0 Å². The van der Waals surface area contributed by atoms with Crippen LogP contribution in [-0.2, 0) is 28.7 Å². The van der Waals surface area contributed by atoms with Gasteiger partial charge in [0.1, 0.15) is 19.0 Å². The van der Waals surface area contributed by atoms with Crippen molar-refractivity contribution in [2.45, 2.75) is 39.0 Å². The topological polar surface area (TPSA) is 111 Å². The first-order valence-electron chi connectivity index (χ1n) is 9.01. The molecule has 1 unspecified atom stereocenters. The largest absolute Gasteiger partial charge is 0.374 e. The Kier molecular flexibility index (Phi) is 14.6. The van der Waals surface area contributed by atoms with Crippen molar-refractivity contribution in [1.29, 1.82) is 0 Å². The van der Waals surface area contributed by atoms with Crippen LogP contribution < -0.4 is 10.6 Å². The van der Waals surface area contributed by atoms with Crippen LogP contribution in [0.1, 0.15) is 39.0 Å². The number of likely N-dealkylation sites (N-methyl/N-ethyl adjacent to an activating group) is 1. The smallest absolute Gasteiger partial charge is 0.245 e. The van der Waals surface area contributed by atoms with Crippen LogP contribution in [0.15, 0.2) is 0 Å². The lowest BCUT2D eigenvalue weighted by molar-refractivity contribution is -0.131. The van der Waals surface area contributed by atoms with Crippen molar-refractivity contribution in [2.24, 2.45) is 5.92 Å². The fraction of sp³-hybridized carbons (Fsp3) is 0.684. The van der Waals surface area contributed by atoms with E-state index in [4.69, 9.17) is 15.9 Å². The van der Waals surface area contributed by atoms with Crippen LogP contribution in [0.2, 0.25) is 0 Å². The summed E-state index contributed by atoms with van der Waals surface area (Å²) in [7, 11) is 1.51. The average molecular weight is 382 g/mol. The Morgan fingerprint density at radius 2 is 1.74 bits per heavy atom. The van der Waals surface area contributed by atoms with Gasteiger partial charge in [0.25, 0.3) is 0 Å². The van der Waals surface area contributed by atoms with Crippen LogP contribution in [0.5, 0.6) is 0 Å². The Balaban J connectivity index is 3.72. The molecule has 2 N–H and O–H groups in total. The average Bonchev–Trinajstić information content (AvgIpc) is 2.65. The molecule has 0 spiro atoms. The van der Waals surface area contributed by atoms with Gasteiger partial charge in [-0.05, 0) is 6.42 Å². The van der Waals surface area contributed by atoms with Crippen molar-refractivity contribution in [2.75, 3.05) is 40.0 Å². The summed E-state index contributed by atoms with van der Waals surface area (Å²) in [6.07, 6.45) is 6.91. The molecule has 0 rings (SSSR count). The number of ether oxygens (including phenoxy) is 2. The molecule has 0 aliphatic rings. The molecule has 0 aromatic carbocycles. The molecule has 152 valence electrons. The lowest BCUT2D eigenvalue weighted by atomic mass is 10.0. The zero-order valence-electron chi connectivity index (χ0n) is 16.2. The second kappa shape index (κ2) is 16.0. The van der Waals surface area contributed by atoms with Crippen molar-refractivity contribution < 1.29 is 28.7 Å². The van der Waals surface area contributed by atoms with Gasteiger partial charge >= 0.3 is 0 Å². The third kappa shape index (κ3) is 14.6. The molecule has 8 heteroatoms. The van der Waals surface area contributed by atoms with Gasteiger partial charge in [0.05, 0.1) is 6.61 Å². The van der Waals surface area contributed by atoms with Crippen LogP contribution in [0.4, 0.5) is 0 Å². The van der Waals surface area contributed by atoms with E-state index in [2.05, 4.69) is 16.6 Å². The number of amides is 2. The van der Waals surface area contributed by atoms with Gasteiger partial charge in [-0.15, -0.1) is 12.3 Å². The summed E-state index contributed by atoms with van der Waals surface area (Å²) in [5.41, 5.74) is 0. The van der Waals surface area contributed by atoms with Crippen molar-refractivity contribution in [1.82, 2.24) is 10.6 Å². The van der Waals surface area contributed by atoms with Gasteiger partial charge in [-0.25, -0.2) is 0 Å². The number of hydrogen-bond donors (Lipinski definition) is 2. The molecule has 0 aliphatic carbocycles. The monoisotopic (exact) mass is 382 g/mol. The Morgan fingerprint density at radius 3 is 2.41 bits per heavy atom. The minimum absolute atomic E-state index is 0.0622. The quantitative estimate of drug-likeness (QED) is 0.292. The highest BCUT2D eigenvalue weighted by Gasteiger charge is 2.16. The second-order valence-corrected chi connectivity index (χ2v) is 6.06. The number of terminal acetylenes is 1. The summed E-state index contributed by atoms with van der Waals surface area (Å²) in [5.74, 6) is 1.35. The highest BCUT2D eigenvalue weighted by molar-refractivity contribution is 5.87. The number of carbonyl (C=O) groups excluding carboxylic acids is 4. The van der Waals surface area contributed by atoms with Gasteiger partial charge < -0.3 is 20.1 Å². The molecular formula is C19H30N2O6. The molecule has 27 heavy (non-hydrogen) atoms. The molecule has 0 fully saturated rings. The van der Waals surface area contributed by atoms with E-state index < -0.39 is 5.92 Å². The summed E-state index contributed by atoms with van der Waals surface area (Å²) >= 11 is 0. The van der Waals surface area contributed by atoms with Gasteiger partial charge in [0, 0.05) is 51.8 Å². The Morgan fingerprint density at radius 1 is 1.04 bits per heavy atom. The number of hydrogen-bond acceptors (Lipinski definition) is 6. The number of rotatable bonds is 16. The first-order chi connectivity index (χ1) is 12.9. The lowest BCUT2D eigenvalue weighted by Gasteiger charge is -2.12. The van der Waals surface area contributed by atoms with E-state index in [1.807, 2.05) is 0 Å². The first kappa shape index (κ1) is 24.8. The molecular weight excluding hydrogens is 352 g/mol. The van der Waals surface area contributed by atoms with Crippen molar-refractivity contribution in [3.05, 3.63) is 0 Å². The molecule has 0 bridgehead atoms. The molecule has 0 heterocycles. The summed E-state index contributed by atoms with van der Waals surface area (Å²) < 4.78 is 10.3. The predicted molar refractivity (Wildman–Crippen MR) is 99.8 cm³/mol. The Hall–Kier alpha value is -2.24. The molecule has 2 amide bonds. The van der Waals surface area contributed by atoms with Crippen LogP contribution in [-0.4, -0.2) is 63.4 Å². The third-order valence-corrected chi connectivity index (χ3v) is 3.59. The summed E-state index contributed by atoms with van der Waals surface area (Å²) in [4.78, 5) is 46.0. The molecule has 0 aromatic heterocycles. The molecule has 0 saturated heterocycles. The maximum Gasteiger partial charge on any atom is 0.245 e. The molecule has 1 atom stereocenters. The zero-order chi connectivity index (χ0) is 20.5. The maximum atomic E-state index is 11.9. The van der Waals surface area contributed by atoms with E-state index in [9.17, 15) is 19.2 Å². The number of nitrogens with one attached hydrogen (secondary N) is 2. The summed E-state index contributed by atoms with van der Waals surface area (Å²) in [5, 5.41) is 5.06. The summed E-state index contributed by atoms with van der Waals surface area (Å²) in [6, 6.07) is 0. The first-order valence-corrected chi connectivity index (χ1v) is 9.01. The maximum absolute atomic E-state index is 11.9. The fourth-order valence-corrected chi connectivity index (χ4v) is 2.04. The Bertz CT molecular complexity index is 527. The van der Waals surface area contributed by atoms with Crippen molar-refractivity contribution >= 4 is 23.4 Å². The van der Waals surface area contributed by atoms with E-state index in [1.165, 1.54) is 7.05 Å². The fourth-order valence-electron chi connectivity index (χ4n) is 2.04. The van der Waals surface area contributed by atoms with E-state index in [0.717, 1.165) is 0 Å². The SMILES string of the molecule is C#CCCC(=O)CCCOCC(=O)CC(C)C(=O)NCCOCC(=O)NC. The van der Waals surface area contributed by atoms with E-state index >= 15 is 0 Å². The molecule has 0 aliphatic heterocycles. The van der Waals surface area contributed by atoms with Crippen LogP contribution in [0.25, 0.3) is 0 Å². The van der Waals surface area contributed by atoms with Gasteiger partial charge in [-0.1, -0.05) is 6.92 Å². The highest BCUT2D eigenvalue weighted by Crippen LogP contribution is 2.04. The molecule has 0 saturated carbocycles. The minimum Gasteiger partial charge on any atom is -0.374 e. The number of Topliss-reactive ketones (excluding diaryl/α,β-unsaturated/α-hetero) is 2. The normalized spacial score (nSPS) is 11.3. The lowest BCUT2D eigenvalue weighted by Crippen LogP contribution is -2.34. The molecule has 0 aromatic rings. The summed E-state index contributed by atoms with van der Waals surface area (Å²) in [6.45, 7) is 2.31. The van der Waals surface area contributed by atoms with Crippen LogP contribution in [0, 0.1) is 18.3 Å². The third-order valence-electron chi connectivity index (χ3n) is 3.59. The minimum atomic E-state index is -0.481. The highest BCUT2D eigenvalue weighted by atomic mass is 16.5. The van der Waals surface area contributed by atoms with Gasteiger partial charge in [0.2, 0.25) is 11.8 Å². The Labute approximate surface area is 160 Å². The van der Waals surface area contributed by atoms with Gasteiger partial charge in [-0.2, -0.15) is 0 Å². The van der Waals surface area contributed by atoms with Crippen molar-refractivity contribution in [3.63, 3.8) is 0 Å². The standard InChI is InChI=1S/C19H30N2O6/c1-4-5-7-16(22)8-6-10-26-13-17(23)12-15(2)19(25)21-9-11-27-14-18(24)20-3/h1,15H,5-14H2,2-3H3,(H,20,24)(H,21,25). The van der Waals surface area contributed by atoms with E-state index in [1.54, 1.807) is 6.92 Å². The number of carbonyl (C=O) groups is 4. The second-order valence-electron chi connectivity index (χ2n) is 6.06. The van der Waals surface area contributed by atoms with Crippen molar-refractivity contribution in [3.8, 4) is 12.3 Å². The van der Waals surface area contributed by atoms with Gasteiger partial charge in [-0.3, -0.25) is 19.2 Å². The molecule has 0 radical (unpaired) electrons. The zero-order valence-corrected chi connectivity index (χ0v) is 16.2. The van der Waals surface area contributed by atoms with E-state index in [-0.39, 0.29) is 56.2 Å². The van der Waals surface area contributed by atoms with Crippen LogP contribution >= 0.6 is 0 Å².